The molecular formula is C17H25N2O8P. The van der Waals surface area contributed by atoms with Gasteiger partial charge in [0.2, 0.25) is 5.78 Å². The van der Waals surface area contributed by atoms with E-state index in [0.29, 0.717) is 12.6 Å². The van der Waals surface area contributed by atoms with Gasteiger partial charge in [-0.05, 0) is 25.9 Å². The van der Waals surface area contributed by atoms with Crippen molar-refractivity contribution in [2.24, 2.45) is 0 Å². The lowest BCUT2D eigenvalue weighted by molar-refractivity contribution is -0.139. The third-order valence-electron chi connectivity index (χ3n) is 4.31. The number of nitrogens with zero attached hydrogens (tertiary/aromatic N) is 1. The summed E-state index contributed by atoms with van der Waals surface area (Å²) in [5.41, 5.74) is -2.29. The van der Waals surface area contributed by atoms with Crippen molar-refractivity contribution in [3.05, 3.63) is 32.6 Å². The van der Waals surface area contributed by atoms with Crippen molar-refractivity contribution in [1.82, 2.24) is 9.55 Å². The zero-order chi connectivity index (χ0) is 21.2. The summed E-state index contributed by atoms with van der Waals surface area (Å²) in [6, 6.07) is 0. The largest absolute Gasteiger partial charge is 0.457 e. The van der Waals surface area contributed by atoms with Crippen LogP contribution in [0.25, 0.3) is 0 Å². The number of ketones is 1. The van der Waals surface area contributed by atoms with Gasteiger partial charge in [0.15, 0.2) is 12.8 Å². The van der Waals surface area contributed by atoms with E-state index in [1.54, 1.807) is 0 Å². The van der Waals surface area contributed by atoms with Crippen molar-refractivity contribution < 1.29 is 29.3 Å². The van der Waals surface area contributed by atoms with E-state index >= 15 is 0 Å². The fourth-order valence-corrected chi connectivity index (χ4v) is 3.75. The van der Waals surface area contributed by atoms with Gasteiger partial charge in [0.25, 0.3) is 5.56 Å². The highest BCUT2D eigenvalue weighted by Gasteiger charge is 2.44. The Labute approximate surface area is 161 Å². The molecule has 1 aliphatic heterocycles. The molecule has 156 valence electrons. The fourth-order valence-electron chi connectivity index (χ4n) is 2.79. The average Bonchev–Trinajstić information content (AvgIpc) is 2.85. The number of aliphatic hydroxyl groups excluding tert-OH is 2. The Morgan fingerprint density at radius 2 is 1.96 bits per heavy atom. The first kappa shape index (κ1) is 22.3. The molecule has 2 heterocycles. The molecule has 0 radical (unpaired) electrons. The predicted molar refractivity (Wildman–Crippen MR) is 104 cm³/mol. The molecule has 1 fully saturated rings. The van der Waals surface area contributed by atoms with Crippen LogP contribution in [0.5, 0.6) is 0 Å². The fraction of sp³-hybridized carbons (Fsp3) is 0.588. The van der Waals surface area contributed by atoms with E-state index in [-0.39, 0.29) is 0 Å². The third-order valence-corrected chi connectivity index (χ3v) is 5.77. The molecule has 28 heavy (non-hydrogen) atoms. The number of rotatable bonds is 7. The summed E-state index contributed by atoms with van der Waals surface area (Å²) in [5.74, 6) is -1.52. The van der Waals surface area contributed by atoms with Gasteiger partial charge in [-0.15, -0.1) is 13.2 Å². The van der Waals surface area contributed by atoms with E-state index in [2.05, 4.69) is 11.0 Å². The van der Waals surface area contributed by atoms with Gasteiger partial charge in [0, 0.05) is 13.1 Å². The number of aliphatic hydroxyl groups is 2. The van der Waals surface area contributed by atoms with Crippen molar-refractivity contribution in [3.8, 4) is 0 Å². The summed E-state index contributed by atoms with van der Waals surface area (Å²) in [5, 5.41) is 20.6. The number of esters is 1. The SMILES string of the molecule is C=P(C)(C)CC[C@H]1O[C@@H](n2cc(C(=O)COC(C)=O)c(=O)[nH]c2=O)C(O)[C@@H]1O. The molecule has 11 heteroatoms. The van der Waals surface area contributed by atoms with Crippen molar-refractivity contribution in [3.63, 3.8) is 0 Å². The maximum atomic E-state index is 12.2. The number of carbonyl (C=O) groups excluding carboxylic acids is 2. The Balaban J connectivity index is 2.29. The van der Waals surface area contributed by atoms with Crippen LogP contribution in [-0.2, 0) is 14.3 Å². The highest BCUT2D eigenvalue weighted by Crippen LogP contribution is 2.39. The molecule has 1 aromatic heterocycles. The van der Waals surface area contributed by atoms with Crippen LogP contribution in [0, 0.1) is 0 Å². The van der Waals surface area contributed by atoms with Gasteiger partial charge in [0.1, 0.15) is 17.8 Å². The Morgan fingerprint density at radius 1 is 1.32 bits per heavy atom. The zero-order valence-corrected chi connectivity index (χ0v) is 16.8. The monoisotopic (exact) mass is 416 g/mol. The maximum absolute atomic E-state index is 12.2. The molecule has 1 aromatic rings. The highest BCUT2D eigenvalue weighted by atomic mass is 31.2. The van der Waals surface area contributed by atoms with Crippen molar-refractivity contribution in [2.45, 2.75) is 37.9 Å². The number of carbonyl (C=O) groups is 2. The van der Waals surface area contributed by atoms with Gasteiger partial charge >= 0.3 is 11.7 Å². The highest BCUT2D eigenvalue weighted by molar-refractivity contribution is 7.72. The van der Waals surface area contributed by atoms with Crippen molar-refractivity contribution in [1.29, 1.82) is 0 Å². The molecule has 0 aliphatic carbocycles. The van der Waals surface area contributed by atoms with Crippen LogP contribution in [0.3, 0.4) is 0 Å². The standard InChI is InChI=1S/C17H25N2O8P/c1-9(20)26-8-11(21)10-7-19(17(25)18-15(10)24)16-14(23)13(22)12(27-16)5-6-28(2,3)4/h7,12-14,16,22-23H,2,5-6,8H2,1,3-4H3,(H,18,24,25)/t12-,13-,14?,16-/m1/s1. The Kier molecular flexibility index (Phi) is 6.82. The van der Waals surface area contributed by atoms with Gasteiger partial charge in [-0.1, -0.05) is 0 Å². The number of H-pyrrole nitrogens is 1. The lowest BCUT2D eigenvalue weighted by Crippen LogP contribution is -2.39. The topological polar surface area (TPSA) is 148 Å². The van der Waals surface area contributed by atoms with Gasteiger partial charge in [-0.2, -0.15) is 0 Å². The van der Waals surface area contributed by atoms with E-state index in [1.807, 2.05) is 18.3 Å². The molecule has 0 amide bonds. The molecule has 0 bridgehead atoms. The Morgan fingerprint density at radius 3 is 2.54 bits per heavy atom. The van der Waals surface area contributed by atoms with E-state index in [1.165, 1.54) is 0 Å². The van der Waals surface area contributed by atoms with Crippen molar-refractivity contribution in [2.75, 3.05) is 26.1 Å². The van der Waals surface area contributed by atoms with Gasteiger partial charge < -0.3 is 19.7 Å². The zero-order valence-electron chi connectivity index (χ0n) is 16.0. The van der Waals surface area contributed by atoms with Crippen LogP contribution in [0.15, 0.2) is 15.8 Å². The second-order valence-corrected chi connectivity index (χ2v) is 11.7. The summed E-state index contributed by atoms with van der Waals surface area (Å²) < 4.78 is 11.1. The van der Waals surface area contributed by atoms with Crippen LogP contribution in [0.2, 0.25) is 0 Å². The molecule has 2 rings (SSSR count). The van der Waals surface area contributed by atoms with E-state index < -0.39 is 66.6 Å². The van der Waals surface area contributed by atoms with E-state index in [9.17, 15) is 29.4 Å². The lowest BCUT2D eigenvalue weighted by Gasteiger charge is -2.19. The molecule has 1 saturated heterocycles. The molecule has 3 N–H and O–H groups in total. The van der Waals surface area contributed by atoms with Gasteiger partial charge in [-0.25, -0.2) is 4.79 Å². The Hall–Kier alpha value is -2.00. The Bertz CT molecular complexity index is 914. The molecule has 4 atom stereocenters. The first-order valence-electron chi connectivity index (χ1n) is 8.61. The summed E-state index contributed by atoms with van der Waals surface area (Å²) in [7, 11) is 0. The predicted octanol–water partition coefficient (Wildman–Crippen LogP) is -0.999. The number of ether oxygens (including phenoxy) is 2. The van der Waals surface area contributed by atoms with Crippen LogP contribution in [-0.4, -0.2) is 82.2 Å². The van der Waals surface area contributed by atoms with Gasteiger partial charge in [0.05, 0.1) is 6.10 Å². The normalized spacial score (nSPS) is 24.9. The third kappa shape index (κ3) is 5.29. The van der Waals surface area contributed by atoms with Crippen LogP contribution >= 0.6 is 6.89 Å². The van der Waals surface area contributed by atoms with E-state index in [4.69, 9.17) is 4.74 Å². The van der Waals surface area contributed by atoms with Crippen LogP contribution < -0.4 is 11.2 Å². The number of hydrogen-bond acceptors (Lipinski definition) is 8. The number of nitrogens with one attached hydrogen (secondary N) is 1. The second-order valence-electron chi connectivity index (χ2n) is 7.41. The molecule has 1 unspecified atom stereocenters. The first-order valence-corrected chi connectivity index (χ1v) is 11.7. The number of hydrogen-bond donors (Lipinski definition) is 3. The minimum Gasteiger partial charge on any atom is -0.457 e. The molecule has 10 nitrogen and oxygen atoms in total. The summed E-state index contributed by atoms with van der Waals surface area (Å²) >= 11 is 0. The lowest BCUT2D eigenvalue weighted by atomic mass is 10.1. The second kappa shape index (κ2) is 8.57. The smallest absolute Gasteiger partial charge is 0.330 e. The minimum absolute atomic E-state index is 0.431. The summed E-state index contributed by atoms with van der Waals surface area (Å²) in [4.78, 5) is 49.0. The number of Topliss-reactive ketones (excluding diaryl/α,β-unsaturated/α-hetero) is 1. The van der Waals surface area contributed by atoms with Crippen LogP contribution in [0.4, 0.5) is 0 Å². The number of aromatic amines is 1. The molecule has 0 spiro atoms. The van der Waals surface area contributed by atoms with Crippen LogP contribution in [0.1, 0.15) is 29.9 Å². The molecule has 1 aliphatic rings. The molecule has 0 aromatic carbocycles. The minimum atomic E-state index is -1.43. The quantitative estimate of drug-likeness (QED) is 0.291. The maximum Gasteiger partial charge on any atom is 0.330 e. The molecule has 0 saturated carbocycles. The number of aromatic nitrogens is 2. The molecular weight excluding hydrogens is 391 g/mol. The average molecular weight is 416 g/mol. The first-order chi connectivity index (χ1) is 12.9. The summed E-state index contributed by atoms with van der Waals surface area (Å²) in [6.45, 7) is 3.10. The van der Waals surface area contributed by atoms with E-state index in [0.717, 1.165) is 17.7 Å². The van der Waals surface area contributed by atoms with Crippen molar-refractivity contribution >= 4 is 24.9 Å². The summed E-state index contributed by atoms with van der Waals surface area (Å²) in [6.07, 6.45) is 1.49. The van der Waals surface area contributed by atoms with Gasteiger partial charge in [-0.3, -0.25) is 23.9 Å².